The number of hydrogen-bond donors (Lipinski definition) is 1. The first-order chi connectivity index (χ1) is 8.02. The Bertz CT molecular complexity index is 367. The predicted molar refractivity (Wildman–Crippen MR) is 70.6 cm³/mol. The van der Waals surface area contributed by atoms with Crippen LogP contribution in [0.5, 0.6) is 0 Å². The monoisotopic (exact) mass is 300 g/mol. The number of rotatable bonds is 4. The molecule has 0 bridgehead atoms. The Morgan fingerprint density at radius 3 is 2.59 bits per heavy atom. The van der Waals surface area contributed by atoms with Gasteiger partial charge in [0, 0.05) is 17.6 Å². The van der Waals surface area contributed by atoms with Gasteiger partial charge in [-0.3, -0.25) is 0 Å². The van der Waals surface area contributed by atoms with Crippen molar-refractivity contribution in [1.82, 2.24) is 10.4 Å². The maximum Gasteiger partial charge on any atom is 0.423 e. The van der Waals surface area contributed by atoms with Crippen molar-refractivity contribution in [3.05, 3.63) is 34.3 Å². The van der Waals surface area contributed by atoms with Crippen molar-refractivity contribution in [2.75, 3.05) is 14.2 Å². The molecule has 0 radical (unpaired) electrons. The third kappa shape index (κ3) is 4.75. The molecule has 0 aromatic heterocycles. The highest BCUT2D eigenvalue weighted by molar-refractivity contribution is 9.10. The van der Waals surface area contributed by atoms with Crippen LogP contribution in [0, 0.1) is 0 Å². The number of benzene rings is 1. The van der Waals surface area contributed by atoms with Crippen molar-refractivity contribution in [1.29, 1.82) is 0 Å². The van der Waals surface area contributed by atoms with Crippen LogP contribution in [0.2, 0.25) is 0 Å². The minimum atomic E-state index is -0.396. The molecule has 1 aromatic rings. The zero-order chi connectivity index (χ0) is 12.8. The number of halogens is 1. The van der Waals surface area contributed by atoms with Crippen molar-refractivity contribution in [3.8, 4) is 0 Å². The van der Waals surface area contributed by atoms with Crippen molar-refractivity contribution >= 4 is 22.0 Å². The summed E-state index contributed by atoms with van der Waals surface area (Å²) < 4.78 is 5.66. The van der Waals surface area contributed by atoms with E-state index in [4.69, 9.17) is 0 Å². The minimum absolute atomic E-state index is 0.153. The van der Waals surface area contributed by atoms with Crippen LogP contribution in [-0.2, 0) is 11.2 Å². The van der Waals surface area contributed by atoms with Gasteiger partial charge >= 0.3 is 6.09 Å². The van der Waals surface area contributed by atoms with E-state index in [2.05, 4.69) is 38.2 Å². The van der Waals surface area contributed by atoms with Crippen LogP contribution in [-0.4, -0.2) is 31.3 Å². The predicted octanol–water partition coefficient (Wildman–Crippen LogP) is 2.58. The van der Waals surface area contributed by atoms with E-state index in [9.17, 15) is 4.79 Å². The van der Waals surface area contributed by atoms with Crippen LogP contribution in [0.3, 0.4) is 0 Å². The average Bonchev–Trinajstić information content (AvgIpc) is 2.30. The number of amides is 1. The molecule has 17 heavy (non-hydrogen) atoms. The molecule has 0 spiro atoms. The molecule has 0 fully saturated rings. The fourth-order valence-electron chi connectivity index (χ4n) is 1.54. The molecular formula is C12H17BrN2O2. The molecule has 4 nitrogen and oxygen atoms in total. The van der Waals surface area contributed by atoms with Gasteiger partial charge in [0.2, 0.25) is 0 Å². The Labute approximate surface area is 110 Å². The van der Waals surface area contributed by atoms with Gasteiger partial charge in [0.1, 0.15) is 0 Å². The summed E-state index contributed by atoms with van der Waals surface area (Å²) in [4.78, 5) is 11.2. The molecule has 1 amide bonds. The van der Waals surface area contributed by atoms with E-state index in [1.807, 2.05) is 19.1 Å². The molecular weight excluding hydrogens is 284 g/mol. The lowest BCUT2D eigenvalue weighted by molar-refractivity contribution is 0.107. The number of carbonyl (C=O) groups excluding carboxylic acids is 1. The highest BCUT2D eigenvalue weighted by Gasteiger charge is 2.11. The standard InChI is InChI=1S/C12H17BrN2O2/c1-9(14-15(2)12(16)17-3)8-10-4-6-11(13)7-5-10/h4-7,9,14H,8H2,1-3H3/t9-/m0/s1. The molecule has 0 aliphatic carbocycles. The first-order valence-electron chi connectivity index (χ1n) is 5.35. The van der Waals surface area contributed by atoms with E-state index in [0.29, 0.717) is 0 Å². The summed E-state index contributed by atoms with van der Waals surface area (Å²) in [7, 11) is 3.00. The Morgan fingerprint density at radius 1 is 1.47 bits per heavy atom. The Kier molecular flexibility index (Phi) is 5.44. The number of carbonyl (C=O) groups is 1. The van der Waals surface area contributed by atoms with Gasteiger partial charge in [-0.15, -0.1) is 0 Å². The van der Waals surface area contributed by atoms with Gasteiger partial charge in [0.25, 0.3) is 0 Å². The maximum atomic E-state index is 11.2. The van der Waals surface area contributed by atoms with Gasteiger partial charge in [-0.05, 0) is 31.0 Å². The van der Waals surface area contributed by atoms with E-state index in [-0.39, 0.29) is 6.04 Å². The molecule has 0 unspecified atom stereocenters. The summed E-state index contributed by atoms with van der Waals surface area (Å²) in [6.07, 6.45) is 0.446. The van der Waals surface area contributed by atoms with Gasteiger partial charge < -0.3 is 4.74 Å². The molecule has 94 valence electrons. The molecule has 5 heteroatoms. The zero-order valence-corrected chi connectivity index (χ0v) is 11.8. The molecule has 1 rings (SSSR count). The third-order valence-electron chi connectivity index (χ3n) is 2.32. The molecule has 1 aromatic carbocycles. The summed E-state index contributed by atoms with van der Waals surface area (Å²) >= 11 is 3.40. The van der Waals surface area contributed by atoms with Crippen LogP contribution >= 0.6 is 15.9 Å². The van der Waals surface area contributed by atoms with Gasteiger partial charge in [0.05, 0.1) is 7.11 Å². The summed E-state index contributed by atoms with van der Waals surface area (Å²) in [5.74, 6) is 0. The average molecular weight is 301 g/mol. The topological polar surface area (TPSA) is 41.6 Å². The number of methoxy groups -OCH3 is 1. The van der Waals surface area contributed by atoms with Crippen molar-refractivity contribution in [2.45, 2.75) is 19.4 Å². The van der Waals surface area contributed by atoms with Crippen molar-refractivity contribution < 1.29 is 9.53 Å². The number of ether oxygens (including phenoxy) is 1. The molecule has 0 saturated carbocycles. The van der Waals surface area contributed by atoms with Crippen LogP contribution < -0.4 is 5.43 Å². The van der Waals surface area contributed by atoms with Gasteiger partial charge in [-0.1, -0.05) is 28.1 Å². The van der Waals surface area contributed by atoms with E-state index >= 15 is 0 Å². The lowest BCUT2D eigenvalue weighted by Gasteiger charge is -2.22. The van der Waals surface area contributed by atoms with E-state index < -0.39 is 6.09 Å². The summed E-state index contributed by atoms with van der Waals surface area (Å²) in [5.41, 5.74) is 4.26. The molecule has 0 aliphatic heterocycles. The first kappa shape index (κ1) is 14.0. The quantitative estimate of drug-likeness (QED) is 0.869. The van der Waals surface area contributed by atoms with E-state index in [0.717, 1.165) is 10.9 Å². The van der Waals surface area contributed by atoms with Crippen LogP contribution in [0.4, 0.5) is 4.79 Å². The zero-order valence-electron chi connectivity index (χ0n) is 10.2. The minimum Gasteiger partial charge on any atom is -0.452 e. The number of nitrogens with one attached hydrogen (secondary N) is 1. The van der Waals surface area contributed by atoms with Crippen LogP contribution in [0.25, 0.3) is 0 Å². The smallest absolute Gasteiger partial charge is 0.423 e. The lowest BCUT2D eigenvalue weighted by Crippen LogP contribution is -2.45. The lowest BCUT2D eigenvalue weighted by atomic mass is 10.1. The van der Waals surface area contributed by atoms with E-state index in [1.165, 1.54) is 17.7 Å². The highest BCUT2D eigenvalue weighted by Crippen LogP contribution is 2.11. The second-order valence-electron chi connectivity index (χ2n) is 3.89. The SMILES string of the molecule is COC(=O)N(C)N[C@@H](C)Cc1ccc(Br)cc1. The number of hydrogen-bond acceptors (Lipinski definition) is 3. The number of hydrazine groups is 1. The summed E-state index contributed by atoms with van der Waals surface area (Å²) in [6, 6.07) is 8.28. The second kappa shape index (κ2) is 6.61. The Hall–Kier alpha value is -1.07. The largest absolute Gasteiger partial charge is 0.452 e. The normalized spacial score (nSPS) is 12.0. The second-order valence-corrected chi connectivity index (χ2v) is 4.81. The maximum absolute atomic E-state index is 11.2. The molecule has 0 heterocycles. The fourth-order valence-corrected chi connectivity index (χ4v) is 1.80. The van der Waals surface area contributed by atoms with E-state index in [1.54, 1.807) is 7.05 Å². The third-order valence-corrected chi connectivity index (χ3v) is 2.85. The number of nitrogens with zero attached hydrogens (tertiary/aromatic N) is 1. The van der Waals surface area contributed by atoms with Crippen LogP contribution in [0.15, 0.2) is 28.7 Å². The van der Waals surface area contributed by atoms with Crippen LogP contribution in [0.1, 0.15) is 12.5 Å². The molecule has 0 saturated heterocycles. The highest BCUT2D eigenvalue weighted by atomic mass is 79.9. The first-order valence-corrected chi connectivity index (χ1v) is 6.14. The van der Waals surface area contributed by atoms with Crippen molar-refractivity contribution in [2.24, 2.45) is 0 Å². The fraction of sp³-hybridized carbons (Fsp3) is 0.417. The van der Waals surface area contributed by atoms with Crippen molar-refractivity contribution in [3.63, 3.8) is 0 Å². The van der Waals surface area contributed by atoms with Gasteiger partial charge in [0.15, 0.2) is 0 Å². The van der Waals surface area contributed by atoms with Gasteiger partial charge in [-0.25, -0.2) is 15.2 Å². The Morgan fingerprint density at radius 2 is 2.06 bits per heavy atom. The molecule has 1 N–H and O–H groups in total. The van der Waals surface area contributed by atoms with Gasteiger partial charge in [-0.2, -0.15) is 0 Å². The Balaban J connectivity index is 2.46. The molecule has 1 atom stereocenters. The summed E-state index contributed by atoms with van der Waals surface area (Å²) in [5, 5.41) is 1.35. The summed E-state index contributed by atoms with van der Waals surface area (Å²) in [6.45, 7) is 2.02. The molecule has 0 aliphatic rings.